The Bertz CT molecular complexity index is 1080. The highest BCUT2D eigenvalue weighted by Crippen LogP contribution is 2.33. The Kier molecular flexibility index (Phi) is 6.02. The zero-order valence-corrected chi connectivity index (χ0v) is 19.3. The van der Waals surface area contributed by atoms with Gasteiger partial charge in [0.1, 0.15) is 5.82 Å². The quantitative estimate of drug-likeness (QED) is 0.551. The molecule has 0 radical (unpaired) electrons. The Balaban J connectivity index is 1.27. The fourth-order valence-corrected chi connectivity index (χ4v) is 4.50. The molecule has 3 aromatic rings. The largest absolute Gasteiger partial charge is 0.341 e. The van der Waals surface area contributed by atoms with E-state index in [0.29, 0.717) is 17.6 Å². The van der Waals surface area contributed by atoms with Crippen LogP contribution in [-0.2, 0) is 12.8 Å². The molecule has 0 bridgehead atoms. The predicted molar refractivity (Wildman–Crippen MR) is 124 cm³/mol. The van der Waals surface area contributed by atoms with Crippen molar-refractivity contribution in [3.05, 3.63) is 54.1 Å². The maximum atomic E-state index is 13.5. The second kappa shape index (κ2) is 9.25. The number of carbonyl (C=O) groups excluding carboxylic acids is 1. The van der Waals surface area contributed by atoms with Gasteiger partial charge in [0, 0.05) is 68.8 Å². The summed E-state index contributed by atoms with van der Waals surface area (Å²) in [5.41, 5.74) is 1.69. The molecular formula is C24H30N8O. The van der Waals surface area contributed by atoms with E-state index in [2.05, 4.69) is 41.6 Å². The first-order chi connectivity index (χ1) is 16.2. The monoisotopic (exact) mass is 446 g/mol. The highest BCUT2D eigenvalue weighted by molar-refractivity contribution is 5.94. The molecule has 0 spiro atoms. The summed E-state index contributed by atoms with van der Waals surface area (Å²) in [6.45, 7) is 5.85. The van der Waals surface area contributed by atoms with Crippen molar-refractivity contribution in [1.82, 2.24) is 34.4 Å². The van der Waals surface area contributed by atoms with Crippen LogP contribution in [0.4, 0.5) is 5.95 Å². The standard InChI is InChI=1S/C24H30N8O/c1-3-17-13-26-23(27-14-17)30-10-7-20(8-11-30)32(19-5-6-19)22(33)18-15-28-24(29-16-18)31-12-9-25-21(31)4-2/h9,12-16,19-20H,3-8,10-11H2,1-2H3. The van der Waals surface area contributed by atoms with Crippen molar-refractivity contribution in [3.8, 4) is 5.95 Å². The predicted octanol–water partition coefficient (Wildman–Crippen LogP) is 2.85. The second-order valence-electron chi connectivity index (χ2n) is 8.75. The minimum absolute atomic E-state index is 0.0346. The number of hydrogen-bond donors (Lipinski definition) is 0. The average Bonchev–Trinajstić information content (AvgIpc) is 3.59. The molecule has 5 rings (SSSR count). The molecule has 9 nitrogen and oxygen atoms in total. The molecule has 1 saturated heterocycles. The SMILES string of the molecule is CCc1cnc(N2CCC(N(C(=O)c3cnc(-n4ccnc4CC)nc3)C3CC3)CC2)nc1. The second-order valence-corrected chi connectivity index (χ2v) is 8.75. The molecule has 33 heavy (non-hydrogen) atoms. The topological polar surface area (TPSA) is 92.9 Å². The van der Waals surface area contributed by atoms with Crippen molar-refractivity contribution < 1.29 is 4.79 Å². The molecule has 0 N–H and O–H groups in total. The number of amides is 1. The van der Waals surface area contributed by atoms with Gasteiger partial charge < -0.3 is 9.80 Å². The Morgan fingerprint density at radius 3 is 2.12 bits per heavy atom. The molecule has 0 unspecified atom stereocenters. The third kappa shape index (κ3) is 4.44. The van der Waals surface area contributed by atoms with Gasteiger partial charge in [-0.1, -0.05) is 13.8 Å². The van der Waals surface area contributed by atoms with Crippen molar-refractivity contribution in [1.29, 1.82) is 0 Å². The van der Waals surface area contributed by atoms with Gasteiger partial charge in [0.15, 0.2) is 0 Å². The molecule has 2 fully saturated rings. The normalized spacial score (nSPS) is 16.7. The molecule has 1 saturated carbocycles. The number of aromatic nitrogens is 6. The number of anilines is 1. The minimum atomic E-state index is 0.0346. The Morgan fingerprint density at radius 2 is 1.52 bits per heavy atom. The van der Waals surface area contributed by atoms with E-state index < -0.39 is 0 Å². The number of aryl methyl sites for hydroxylation is 2. The van der Waals surface area contributed by atoms with Gasteiger partial charge in [-0.25, -0.2) is 24.9 Å². The lowest BCUT2D eigenvalue weighted by molar-refractivity contribution is 0.0629. The first-order valence-electron chi connectivity index (χ1n) is 11.9. The Labute approximate surface area is 193 Å². The van der Waals surface area contributed by atoms with Gasteiger partial charge in [0.05, 0.1) is 5.56 Å². The summed E-state index contributed by atoms with van der Waals surface area (Å²) in [6, 6.07) is 0.547. The molecule has 0 aromatic carbocycles. The average molecular weight is 447 g/mol. The lowest BCUT2D eigenvalue weighted by Crippen LogP contribution is -2.49. The minimum Gasteiger partial charge on any atom is -0.341 e. The lowest BCUT2D eigenvalue weighted by Gasteiger charge is -2.38. The van der Waals surface area contributed by atoms with E-state index in [-0.39, 0.29) is 11.9 Å². The van der Waals surface area contributed by atoms with Crippen molar-refractivity contribution >= 4 is 11.9 Å². The number of imidazole rings is 1. The number of hydrogen-bond acceptors (Lipinski definition) is 7. The van der Waals surface area contributed by atoms with E-state index in [4.69, 9.17) is 0 Å². The zero-order valence-electron chi connectivity index (χ0n) is 19.3. The van der Waals surface area contributed by atoms with Crippen LogP contribution in [0.25, 0.3) is 5.95 Å². The fourth-order valence-electron chi connectivity index (χ4n) is 4.50. The number of carbonyl (C=O) groups is 1. The van der Waals surface area contributed by atoms with E-state index in [1.807, 2.05) is 30.1 Å². The lowest BCUT2D eigenvalue weighted by atomic mass is 10.0. The molecule has 1 amide bonds. The summed E-state index contributed by atoms with van der Waals surface area (Å²) < 4.78 is 1.86. The molecule has 0 atom stereocenters. The van der Waals surface area contributed by atoms with Crippen LogP contribution in [0.3, 0.4) is 0 Å². The van der Waals surface area contributed by atoms with Crippen LogP contribution in [-0.4, -0.2) is 65.5 Å². The highest BCUT2D eigenvalue weighted by atomic mass is 16.2. The van der Waals surface area contributed by atoms with Gasteiger partial charge in [0.25, 0.3) is 5.91 Å². The molecule has 1 aliphatic heterocycles. The molecule has 2 aliphatic rings. The highest BCUT2D eigenvalue weighted by Gasteiger charge is 2.39. The summed E-state index contributed by atoms with van der Waals surface area (Å²) in [4.78, 5) is 40.1. The molecule has 3 aromatic heterocycles. The Morgan fingerprint density at radius 1 is 0.879 bits per heavy atom. The first-order valence-corrected chi connectivity index (χ1v) is 11.9. The van der Waals surface area contributed by atoms with Crippen molar-refractivity contribution in [2.45, 2.75) is 64.5 Å². The Hall–Kier alpha value is -3.36. The van der Waals surface area contributed by atoms with E-state index >= 15 is 0 Å². The van der Waals surface area contributed by atoms with Gasteiger partial charge in [-0.15, -0.1) is 0 Å². The molecular weight excluding hydrogens is 416 g/mol. The summed E-state index contributed by atoms with van der Waals surface area (Å²) in [7, 11) is 0. The van der Waals surface area contributed by atoms with Crippen LogP contribution in [0.15, 0.2) is 37.2 Å². The maximum absolute atomic E-state index is 13.5. The van der Waals surface area contributed by atoms with Gasteiger partial charge in [-0.2, -0.15) is 0 Å². The summed E-state index contributed by atoms with van der Waals surface area (Å²) in [6.07, 6.45) is 16.4. The fraction of sp³-hybridized carbons (Fsp3) is 0.500. The third-order valence-corrected chi connectivity index (χ3v) is 6.55. The van der Waals surface area contributed by atoms with Crippen LogP contribution in [0.2, 0.25) is 0 Å². The van der Waals surface area contributed by atoms with Crippen LogP contribution < -0.4 is 4.90 Å². The zero-order chi connectivity index (χ0) is 22.8. The number of rotatable bonds is 7. The van der Waals surface area contributed by atoms with E-state index in [9.17, 15) is 4.79 Å². The number of nitrogens with zero attached hydrogens (tertiary/aromatic N) is 8. The summed E-state index contributed by atoms with van der Waals surface area (Å²) in [5, 5.41) is 0. The third-order valence-electron chi connectivity index (χ3n) is 6.55. The van der Waals surface area contributed by atoms with Gasteiger partial charge in [-0.05, 0) is 37.7 Å². The first kappa shape index (κ1) is 21.5. The smallest absolute Gasteiger partial charge is 0.257 e. The number of piperidine rings is 1. The van der Waals surface area contributed by atoms with Crippen LogP contribution >= 0.6 is 0 Å². The van der Waals surface area contributed by atoms with Crippen LogP contribution in [0.5, 0.6) is 0 Å². The van der Waals surface area contributed by atoms with Crippen molar-refractivity contribution in [2.75, 3.05) is 18.0 Å². The molecule has 1 aliphatic carbocycles. The molecule has 172 valence electrons. The van der Waals surface area contributed by atoms with Crippen molar-refractivity contribution in [3.63, 3.8) is 0 Å². The van der Waals surface area contributed by atoms with Crippen LogP contribution in [0.1, 0.15) is 61.3 Å². The van der Waals surface area contributed by atoms with Crippen molar-refractivity contribution in [2.24, 2.45) is 0 Å². The van der Waals surface area contributed by atoms with Gasteiger partial charge >= 0.3 is 0 Å². The van der Waals surface area contributed by atoms with E-state index in [1.54, 1.807) is 18.6 Å². The molecule has 9 heteroatoms. The van der Waals surface area contributed by atoms with Gasteiger partial charge in [0.2, 0.25) is 11.9 Å². The maximum Gasteiger partial charge on any atom is 0.257 e. The summed E-state index contributed by atoms with van der Waals surface area (Å²) in [5.74, 6) is 2.26. The van der Waals surface area contributed by atoms with E-state index in [1.165, 1.54) is 0 Å². The van der Waals surface area contributed by atoms with E-state index in [0.717, 1.165) is 69.0 Å². The summed E-state index contributed by atoms with van der Waals surface area (Å²) >= 11 is 0. The van der Waals surface area contributed by atoms with Gasteiger partial charge in [-0.3, -0.25) is 9.36 Å². The molecule has 4 heterocycles. The van der Waals surface area contributed by atoms with Crippen LogP contribution in [0, 0.1) is 0 Å².